The van der Waals surface area contributed by atoms with E-state index in [1.807, 2.05) is 5.57 Å². The topological polar surface area (TPSA) is 20.2 Å². The summed E-state index contributed by atoms with van der Waals surface area (Å²) >= 11 is 0. The van der Waals surface area contributed by atoms with Gasteiger partial charge in [0.15, 0.2) is 0 Å². The number of hydrogen-bond donors (Lipinski definition) is 1. The lowest BCUT2D eigenvalue weighted by atomic mass is 9.47. The normalized spacial score (nSPS) is 45.3. The molecule has 3 saturated carbocycles. The van der Waals surface area contributed by atoms with Gasteiger partial charge in [0.25, 0.3) is 0 Å². The fourth-order valence-corrected chi connectivity index (χ4v) is 8.49. The van der Waals surface area contributed by atoms with Crippen LogP contribution in [0.15, 0.2) is 36.0 Å². The molecule has 9 atom stereocenters. The predicted molar refractivity (Wildman–Crippen MR) is 128 cm³/mol. The second-order valence-electron chi connectivity index (χ2n) is 12.0. The molecule has 0 aliphatic heterocycles. The van der Waals surface area contributed by atoms with Gasteiger partial charge < -0.3 is 5.11 Å². The van der Waals surface area contributed by atoms with E-state index in [9.17, 15) is 5.11 Å². The van der Waals surface area contributed by atoms with E-state index >= 15 is 0 Å². The highest BCUT2D eigenvalue weighted by Crippen LogP contribution is 2.66. The van der Waals surface area contributed by atoms with Gasteiger partial charge in [-0.3, -0.25) is 0 Å². The molecule has 1 heteroatoms. The van der Waals surface area contributed by atoms with Gasteiger partial charge in [-0.2, -0.15) is 0 Å². The molecule has 0 aromatic carbocycles. The molecule has 0 amide bonds. The van der Waals surface area contributed by atoms with E-state index in [0.717, 1.165) is 37.0 Å². The van der Waals surface area contributed by atoms with Crippen LogP contribution in [0.5, 0.6) is 0 Å². The molecular formula is C29H46O. The fraction of sp³-hybridized carbons (Fsp3) is 0.793. The molecule has 30 heavy (non-hydrogen) atoms. The van der Waals surface area contributed by atoms with Gasteiger partial charge in [-0.05, 0) is 111 Å². The quantitative estimate of drug-likeness (QED) is 0.460. The van der Waals surface area contributed by atoms with Crippen LogP contribution in [-0.4, -0.2) is 11.2 Å². The van der Waals surface area contributed by atoms with Crippen LogP contribution >= 0.6 is 0 Å². The van der Waals surface area contributed by atoms with Crippen LogP contribution in [0.25, 0.3) is 0 Å². The zero-order valence-corrected chi connectivity index (χ0v) is 20.3. The second kappa shape index (κ2) is 8.27. The first-order valence-electron chi connectivity index (χ1n) is 12.9. The van der Waals surface area contributed by atoms with E-state index < -0.39 is 0 Å². The van der Waals surface area contributed by atoms with Crippen molar-refractivity contribution < 1.29 is 5.11 Å². The first-order valence-corrected chi connectivity index (χ1v) is 12.9. The number of fused-ring (bicyclic) bond motifs is 5. The Bertz CT molecular complexity index is 716. The van der Waals surface area contributed by atoms with Crippen molar-refractivity contribution in [2.75, 3.05) is 0 Å². The van der Waals surface area contributed by atoms with E-state index in [1.165, 1.54) is 44.1 Å². The average molecular weight is 411 g/mol. The van der Waals surface area contributed by atoms with E-state index in [1.54, 1.807) is 0 Å². The highest BCUT2D eigenvalue weighted by Gasteiger charge is 2.57. The Balaban J connectivity index is 1.54. The van der Waals surface area contributed by atoms with Crippen LogP contribution in [0.4, 0.5) is 0 Å². The highest BCUT2D eigenvalue weighted by atomic mass is 16.3. The van der Waals surface area contributed by atoms with Gasteiger partial charge in [0.05, 0.1) is 6.10 Å². The summed E-state index contributed by atoms with van der Waals surface area (Å²) in [5.41, 5.74) is 4.04. The number of hydrogen-bond acceptors (Lipinski definition) is 1. The Morgan fingerprint density at radius 1 is 1.13 bits per heavy atom. The minimum absolute atomic E-state index is 0.0541. The summed E-state index contributed by atoms with van der Waals surface area (Å²) in [7, 11) is 0. The summed E-state index contributed by atoms with van der Waals surface area (Å²) in [6, 6.07) is 0. The van der Waals surface area contributed by atoms with Crippen LogP contribution in [0, 0.1) is 46.3 Å². The third kappa shape index (κ3) is 3.58. The number of aliphatic hydroxyl groups is 1. The van der Waals surface area contributed by atoms with Crippen molar-refractivity contribution in [1.82, 2.24) is 0 Å². The molecule has 0 radical (unpaired) electrons. The van der Waals surface area contributed by atoms with Crippen molar-refractivity contribution in [1.29, 1.82) is 0 Å². The van der Waals surface area contributed by atoms with Crippen LogP contribution in [-0.2, 0) is 0 Å². The lowest BCUT2D eigenvalue weighted by Crippen LogP contribution is -2.49. The Morgan fingerprint density at radius 2 is 1.83 bits per heavy atom. The molecule has 1 nitrogen and oxygen atoms in total. The lowest BCUT2D eigenvalue weighted by molar-refractivity contribution is -0.0414. The Kier molecular flexibility index (Phi) is 6.17. The fourth-order valence-electron chi connectivity index (χ4n) is 8.49. The van der Waals surface area contributed by atoms with Gasteiger partial charge in [-0.1, -0.05) is 63.6 Å². The molecule has 0 saturated heterocycles. The predicted octanol–water partition coefficient (Wildman–Crippen LogP) is 7.72. The van der Waals surface area contributed by atoms with Crippen molar-refractivity contribution in [3.63, 3.8) is 0 Å². The number of aliphatic hydroxyl groups excluding tert-OH is 1. The Hall–Kier alpha value is -0.820. The van der Waals surface area contributed by atoms with Crippen LogP contribution in [0.2, 0.25) is 0 Å². The van der Waals surface area contributed by atoms with Crippen molar-refractivity contribution >= 4 is 0 Å². The average Bonchev–Trinajstić information content (AvgIpc) is 3.06. The first-order chi connectivity index (χ1) is 14.2. The Labute approximate surface area is 186 Å². The van der Waals surface area contributed by atoms with Gasteiger partial charge in [-0.25, -0.2) is 0 Å². The zero-order chi connectivity index (χ0) is 21.7. The largest absolute Gasteiger partial charge is 0.393 e. The van der Waals surface area contributed by atoms with Crippen molar-refractivity contribution in [2.45, 2.75) is 98.5 Å². The van der Waals surface area contributed by atoms with Crippen LogP contribution in [0.1, 0.15) is 92.4 Å². The van der Waals surface area contributed by atoms with Crippen LogP contribution < -0.4 is 0 Å². The summed E-state index contributed by atoms with van der Waals surface area (Å²) in [6.07, 6.45) is 18.8. The summed E-state index contributed by atoms with van der Waals surface area (Å²) < 4.78 is 0. The van der Waals surface area contributed by atoms with Crippen molar-refractivity contribution in [3.8, 4) is 0 Å². The monoisotopic (exact) mass is 410 g/mol. The summed E-state index contributed by atoms with van der Waals surface area (Å²) in [5.74, 6) is 4.27. The maximum atomic E-state index is 10.3. The van der Waals surface area contributed by atoms with Crippen molar-refractivity contribution in [3.05, 3.63) is 36.0 Å². The van der Waals surface area contributed by atoms with E-state index in [0.29, 0.717) is 28.6 Å². The number of allylic oxidation sites excluding steroid dienone is 5. The van der Waals surface area contributed by atoms with Gasteiger partial charge in [0.2, 0.25) is 0 Å². The third-order valence-electron chi connectivity index (χ3n) is 10.5. The van der Waals surface area contributed by atoms with Gasteiger partial charge in [0, 0.05) is 0 Å². The van der Waals surface area contributed by atoms with Gasteiger partial charge >= 0.3 is 0 Å². The molecule has 4 aliphatic carbocycles. The molecule has 0 aromatic heterocycles. The molecule has 168 valence electrons. The summed E-state index contributed by atoms with van der Waals surface area (Å²) in [4.78, 5) is 0. The van der Waals surface area contributed by atoms with Gasteiger partial charge in [-0.15, -0.1) is 0 Å². The van der Waals surface area contributed by atoms with Crippen LogP contribution in [0.3, 0.4) is 0 Å². The molecule has 0 bridgehead atoms. The van der Waals surface area contributed by atoms with Crippen molar-refractivity contribution in [2.24, 2.45) is 46.3 Å². The molecule has 0 heterocycles. The molecule has 4 aliphatic rings. The minimum Gasteiger partial charge on any atom is -0.393 e. The van der Waals surface area contributed by atoms with E-state index in [2.05, 4.69) is 59.4 Å². The summed E-state index contributed by atoms with van der Waals surface area (Å²) in [5, 5.41) is 10.3. The first kappa shape index (κ1) is 22.4. The molecule has 1 N–H and O–H groups in total. The molecule has 3 fully saturated rings. The minimum atomic E-state index is -0.0541. The smallest absolute Gasteiger partial charge is 0.0543 e. The second-order valence-corrected chi connectivity index (χ2v) is 12.0. The SMILES string of the molecule is C=C(C)[C@H](/C=C/[C@@H](C)[C@H]1CC[C@H]2C3=CC[C@H]4C[C@@H](O)CC[C@]4(C)[C@H]3CC[C@]12C)CC. The lowest BCUT2D eigenvalue weighted by Gasteiger charge is -2.57. The molecule has 4 rings (SSSR count). The molecule has 0 aromatic rings. The maximum Gasteiger partial charge on any atom is 0.0543 e. The zero-order valence-electron chi connectivity index (χ0n) is 20.3. The molecular weight excluding hydrogens is 364 g/mol. The maximum absolute atomic E-state index is 10.3. The molecule has 0 spiro atoms. The Morgan fingerprint density at radius 3 is 2.53 bits per heavy atom. The highest BCUT2D eigenvalue weighted by molar-refractivity contribution is 5.28. The third-order valence-corrected chi connectivity index (χ3v) is 10.5. The molecule has 0 unspecified atom stereocenters. The van der Waals surface area contributed by atoms with E-state index in [-0.39, 0.29) is 6.10 Å². The van der Waals surface area contributed by atoms with Gasteiger partial charge in [0.1, 0.15) is 0 Å². The number of rotatable bonds is 5. The van der Waals surface area contributed by atoms with E-state index in [4.69, 9.17) is 0 Å². The standard InChI is InChI=1S/C29H46O/c1-7-21(19(2)3)9-8-20(4)25-12-13-26-24-11-10-22-18-23(30)14-16-28(22,5)27(24)15-17-29(25,26)6/h8-9,11,20-23,25-27,30H,2,7,10,12-18H2,1,3-6H3/b9-8+/t20-,21+,22+,23+,25-,26+,27+,28+,29-/m1/s1. The summed E-state index contributed by atoms with van der Waals surface area (Å²) in [6.45, 7) is 16.3.